The molecule has 2 aromatic carbocycles. The van der Waals surface area contributed by atoms with Crippen LogP contribution in [0, 0.1) is 13.8 Å². The lowest BCUT2D eigenvalue weighted by Crippen LogP contribution is -2.49. The number of urea groups is 1. The molecule has 0 saturated carbocycles. The van der Waals surface area contributed by atoms with Crippen LogP contribution in [0.25, 0.3) is 0 Å². The normalized spacial score (nSPS) is 21.4. The molecule has 2 aliphatic heterocycles. The number of imide groups is 1. The van der Waals surface area contributed by atoms with Crippen LogP contribution in [0.1, 0.15) is 34.0 Å². The van der Waals surface area contributed by atoms with Crippen LogP contribution >= 0.6 is 0 Å². The Balaban J connectivity index is 1.42. The van der Waals surface area contributed by atoms with Gasteiger partial charge in [-0.05, 0) is 50.1 Å². The van der Waals surface area contributed by atoms with Gasteiger partial charge in [0.15, 0.2) is 0 Å². The molecule has 156 valence electrons. The van der Waals surface area contributed by atoms with Crippen molar-refractivity contribution in [2.24, 2.45) is 0 Å². The molecule has 0 aromatic heterocycles. The van der Waals surface area contributed by atoms with Crippen molar-refractivity contribution in [1.29, 1.82) is 0 Å². The predicted molar refractivity (Wildman–Crippen MR) is 115 cm³/mol. The lowest BCUT2D eigenvalue weighted by Gasteiger charge is -2.37. The molecule has 4 amide bonds. The first-order valence-corrected chi connectivity index (χ1v) is 10.1. The standard InChI is InChI=1S/C23H26N4O3/c1-15-4-9-19(16(2)14-15)26-10-12-27(13-11-26)20(28)17-5-7-18(8-6-17)23(3)21(29)24-22(30)25-23/h4-9,14H,10-13H2,1-3H3,(H2,24,25,29,30)/t23-/m1/s1. The smallest absolute Gasteiger partial charge is 0.322 e. The van der Waals surface area contributed by atoms with Gasteiger partial charge in [0, 0.05) is 37.4 Å². The topological polar surface area (TPSA) is 81.8 Å². The summed E-state index contributed by atoms with van der Waals surface area (Å²) in [5, 5.41) is 4.89. The third kappa shape index (κ3) is 3.51. The second-order valence-electron chi connectivity index (χ2n) is 8.18. The minimum Gasteiger partial charge on any atom is -0.368 e. The van der Waals surface area contributed by atoms with Crippen molar-refractivity contribution < 1.29 is 14.4 Å². The number of nitrogens with zero attached hydrogens (tertiary/aromatic N) is 2. The Morgan fingerprint density at radius 2 is 1.63 bits per heavy atom. The summed E-state index contributed by atoms with van der Waals surface area (Å²) < 4.78 is 0. The first-order chi connectivity index (χ1) is 14.3. The van der Waals surface area contributed by atoms with Gasteiger partial charge < -0.3 is 15.1 Å². The average Bonchev–Trinajstić information content (AvgIpc) is 3.00. The Labute approximate surface area is 176 Å². The van der Waals surface area contributed by atoms with Gasteiger partial charge in [-0.1, -0.05) is 29.8 Å². The summed E-state index contributed by atoms with van der Waals surface area (Å²) in [5.74, 6) is -0.416. The number of anilines is 1. The molecule has 0 radical (unpaired) electrons. The van der Waals surface area contributed by atoms with Gasteiger partial charge in [0.1, 0.15) is 5.54 Å². The van der Waals surface area contributed by atoms with E-state index in [9.17, 15) is 14.4 Å². The Morgan fingerprint density at radius 3 is 2.20 bits per heavy atom. The largest absolute Gasteiger partial charge is 0.368 e. The van der Waals surface area contributed by atoms with Crippen LogP contribution in [-0.2, 0) is 10.3 Å². The van der Waals surface area contributed by atoms with Crippen molar-refractivity contribution in [3.8, 4) is 0 Å². The lowest BCUT2D eigenvalue weighted by atomic mass is 9.91. The maximum atomic E-state index is 12.9. The zero-order chi connectivity index (χ0) is 21.5. The Bertz CT molecular complexity index is 1010. The third-order valence-electron chi connectivity index (χ3n) is 6.01. The molecule has 7 nitrogen and oxygen atoms in total. The number of carbonyl (C=O) groups is 3. The van der Waals surface area contributed by atoms with Crippen LogP contribution in [0.5, 0.6) is 0 Å². The zero-order valence-corrected chi connectivity index (χ0v) is 17.5. The molecule has 0 spiro atoms. The van der Waals surface area contributed by atoms with E-state index in [1.165, 1.54) is 16.8 Å². The number of piperazine rings is 1. The SMILES string of the molecule is Cc1ccc(N2CCN(C(=O)c3ccc([C@@]4(C)NC(=O)NC4=O)cc3)CC2)c(C)c1. The Morgan fingerprint density at radius 1 is 0.967 bits per heavy atom. The summed E-state index contributed by atoms with van der Waals surface area (Å²) in [6.07, 6.45) is 0. The molecule has 2 aliphatic rings. The molecule has 1 atom stereocenters. The van der Waals surface area contributed by atoms with Crippen LogP contribution in [0.15, 0.2) is 42.5 Å². The molecule has 2 N–H and O–H groups in total. The highest BCUT2D eigenvalue weighted by Crippen LogP contribution is 2.26. The van der Waals surface area contributed by atoms with Crippen LogP contribution in [0.2, 0.25) is 0 Å². The summed E-state index contributed by atoms with van der Waals surface area (Å²) >= 11 is 0. The van der Waals surface area contributed by atoms with Gasteiger partial charge in [-0.25, -0.2) is 4.79 Å². The number of rotatable bonds is 3. The van der Waals surface area contributed by atoms with Gasteiger partial charge in [0.25, 0.3) is 11.8 Å². The fraction of sp³-hybridized carbons (Fsp3) is 0.348. The van der Waals surface area contributed by atoms with Gasteiger partial charge in [0.2, 0.25) is 0 Å². The van der Waals surface area contributed by atoms with Crippen molar-refractivity contribution in [2.45, 2.75) is 26.3 Å². The summed E-state index contributed by atoms with van der Waals surface area (Å²) in [5.41, 5.74) is 3.83. The minimum absolute atomic E-state index is 0.0214. The number of hydrogen-bond donors (Lipinski definition) is 2. The Hall–Kier alpha value is -3.35. The second kappa shape index (κ2) is 7.48. The molecule has 2 fully saturated rings. The Kier molecular flexibility index (Phi) is 4.97. The number of carbonyl (C=O) groups excluding carboxylic acids is 3. The van der Waals surface area contributed by atoms with E-state index in [4.69, 9.17) is 0 Å². The molecular formula is C23H26N4O3. The molecular weight excluding hydrogens is 380 g/mol. The van der Waals surface area contributed by atoms with Crippen LogP contribution < -0.4 is 15.5 Å². The zero-order valence-electron chi connectivity index (χ0n) is 17.5. The molecule has 30 heavy (non-hydrogen) atoms. The van der Waals surface area contributed by atoms with E-state index in [-0.39, 0.29) is 5.91 Å². The van der Waals surface area contributed by atoms with E-state index >= 15 is 0 Å². The number of amides is 4. The van der Waals surface area contributed by atoms with Gasteiger partial charge in [-0.2, -0.15) is 0 Å². The van der Waals surface area contributed by atoms with Gasteiger partial charge in [-0.15, -0.1) is 0 Å². The van der Waals surface area contributed by atoms with Crippen molar-refractivity contribution in [3.63, 3.8) is 0 Å². The highest BCUT2D eigenvalue weighted by Gasteiger charge is 2.43. The molecule has 0 aliphatic carbocycles. The summed E-state index contributed by atoms with van der Waals surface area (Å²) in [4.78, 5) is 40.7. The van der Waals surface area contributed by atoms with Crippen molar-refractivity contribution >= 4 is 23.5 Å². The average molecular weight is 406 g/mol. The lowest BCUT2D eigenvalue weighted by molar-refractivity contribution is -0.123. The van der Waals surface area contributed by atoms with Crippen molar-refractivity contribution in [3.05, 3.63) is 64.7 Å². The predicted octanol–water partition coefficient (Wildman–Crippen LogP) is 2.32. The van der Waals surface area contributed by atoms with Gasteiger partial charge >= 0.3 is 6.03 Å². The maximum Gasteiger partial charge on any atom is 0.322 e. The molecule has 0 bridgehead atoms. The molecule has 4 rings (SSSR count). The van der Waals surface area contributed by atoms with E-state index < -0.39 is 17.5 Å². The monoisotopic (exact) mass is 406 g/mol. The number of benzene rings is 2. The fourth-order valence-corrected chi connectivity index (χ4v) is 4.19. The van der Waals surface area contributed by atoms with Crippen LogP contribution in [-0.4, -0.2) is 48.9 Å². The molecule has 2 heterocycles. The number of aryl methyl sites for hydroxylation is 2. The van der Waals surface area contributed by atoms with Crippen LogP contribution in [0.4, 0.5) is 10.5 Å². The highest BCUT2D eigenvalue weighted by atomic mass is 16.2. The van der Waals surface area contributed by atoms with Crippen molar-refractivity contribution in [1.82, 2.24) is 15.5 Å². The van der Waals surface area contributed by atoms with Gasteiger partial charge in [0.05, 0.1) is 0 Å². The van der Waals surface area contributed by atoms with E-state index in [0.29, 0.717) is 24.2 Å². The fourth-order valence-electron chi connectivity index (χ4n) is 4.19. The van der Waals surface area contributed by atoms with Gasteiger partial charge in [-0.3, -0.25) is 14.9 Å². The summed E-state index contributed by atoms with van der Waals surface area (Å²) in [7, 11) is 0. The summed E-state index contributed by atoms with van der Waals surface area (Å²) in [6.45, 7) is 8.75. The quantitative estimate of drug-likeness (QED) is 0.767. The number of hydrogen-bond acceptors (Lipinski definition) is 4. The number of nitrogens with one attached hydrogen (secondary N) is 2. The first-order valence-electron chi connectivity index (χ1n) is 10.1. The molecule has 2 aromatic rings. The van der Waals surface area contributed by atoms with E-state index in [2.05, 4.69) is 47.6 Å². The van der Waals surface area contributed by atoms with E-state index in [1.807, 2.05) is 4.90 Å². The molecule has 7 heteroatoms. The molecule has 2 saturated heterocycles. The maximum absolute atomic E-state index is 12.9. The van der Waals surface area contributed by atoms with E-state index in [1.54, 1.807) is 31.2 Å². The molecule has 0 unspecified atom stereocenters. The highest BCUT2D eigenvalue weighted by molar-refractivity contribution is 6.07. The van der Waals surface area contributed by atoms with Crippen LogP contribution in [0.3, 0.4) is 0 Å². The summed E-state index contributed by atoms with van der Waals surface area (Å²) in [6, 6.07) is 12.8. The van der Waals surface area contributed by atoms with Crippen molar-refractivity contribution in [2.75, 3.05) is 31.1 Å². The van der Waals surface area contributed by atoms with E-state index in [0.717, 1.165) is 13.1 Å². The minimum atomic E-state index is -1.11. The third-order valence-corrected chi connectivity index (χ3v) is 6.01. The second-order valence-corrected chi connectivity index (χ2v) is 8.18. The first kappa shape index (κ1) is 19.9.